The number of rotatable bonds is 4. The van der Waals surface area contributed by atoms with Crippen molar-refractivity contribution < 1.29 is 9.90 Å². The lowest BCUT2D eigenvalue weighted by atomic mass is 9.35. The number of Topliss-reactive ketones (excluding diaryl/α,β-unsaturated/α-hetero) is 1. The third-order valence-corrected chi connectivity index (χ3v) is 12.1. The maximum Gasteiger partial charge on any atom is 0.138 e. The molecule has 0 radical (unpaired) electrons. The molecule has 0 aromatic heterocycles. The lowest BCUT2D eigenvalue weighted by Gasteiger charge is -2.69. The van der Waals surface area contributed by atoms with Gasteiger partial charge in [-0.3, -0.25) is 4.79 Å². The molecule has 0 heterocycles. The third kappa shape index (κ3) is 3.32. The highest BCUT2D eigenvalue weighted by molar-refractivity contribution is 5.85. The van der Waals surface area contributed by atoms with Crippen molar-refractivity contribution in [3.8, 4) is 0 Å². The second-order valence-corrected chi connectivity index (χ2v) is 14.1. The van der Waals surface area contributed by atoms with E-state index in [1.165, 1.54) is 44.1 Å². The summed E-state index contributed by atoms with van der Waals surface area (Å²) in [6.45, 7) is 18.7. The summed E-state index contributed by atoms with van der Waals surface area (Å²) in [5.41, 5.74) is 1.52. The number of hydrogen-bond donors (Lipinski definition) is 1. The summed E-state index contributed by atoms with van der Waals surface area (Å²) >= 11 is 0. The molecule has 4 aliphatic carbocycles. The average Bonchev–Trinajstić information content (AvgIpc) is 3.04. The molecule has 1 N–H and O–H groups in total. The van der Waals surface area contributed by atoms with Gasteiger partial charge in [0.05, 0.1) is 5.60 Å². The number of carbonyl (C=O) groups excluding carboxylic acids is 1. The molecule has 4 fully saturated rings. The molecule has 0 amide bonds. The van der Waals surface area contributed by atoms with Gasteiger partial charge in [0.2, 0.25) is 0 Å². The highest BCUT2D eigenvalue weighted by Crippen LogP contribution is 2.75. The zero-order valence-corrected chi connectivity index (χ0v) is 22.3. The van der Waals surface area contributed by atoms with Gasteiger partial charge in [-0.15, -0.1) is 0 Å². The van der Waals surface area contributed by atoms with E-state index in [-0.39, 0.29) is 10.8 Å². The van der Waals surface area contributed by atoms with Crippen molar-refractivity contribution in [2.24, 2.45) is 45.3 Å². The minimum atomic E-state index is -0.572. The third-order valence-electron chi connectivity index (χ3n) is 12.1. The Labute approximate surface area is 198 Å². The van der Waals surface area contributed by atoms with E-state index in [0.717, 1.165) is 25.7 Å². The van der Waals surface area contributed by atoms with E-state index in [0.29, 0.717) is 40.3 Å². The topological polar surface area (TPSA) is 37.3 Å². The SMILES string of the molecule is CC(C)=CCC[C@](C)(O)[C@H]1CC[C@]2(C)C1CC[C@@H]1[C@@]3(C)CCC(=O)C(C)(C)[C@@H]3CC[C@]12C. The van der Waals surface area contributed by atoms with Crippen LogP contribution in [0.15, 0.2) is 11.6 Å². The van der Waals surface area contributed by atoms with E-state index in [4.69, 9.17) is 0 Å². The zero-order chi connectivity index (χ0) is 23.7. The van der Waals surface area contributed by atoms with E-state index in [2.05, 4.69) is 61.5 Å². The zero-order valence-electron chi connectivity index (χ0n) is 22.3. The van der Waals surface area contributed by atoms with Gasteiger partial charge < -0.3 is 5.11 Å². The predicted octanol–water partition coefficient (Wildman–Crippen LogP) is 7.74. The molecule has 0 aromatic carbocycles. The molecule has 8 atom stereocenters. The monoisotopic (exact) mass is 442 g/mol. The van der Waals surface area contributed by atoms with E-state index in [9.17, 15) is 9.90 Å². The van der Waals surface area contributed by atoms with Gasteiger partial charge in [0.15, 0.2) is 0 Å². The Morgan fingerprint density at radius 3 is 2.28 bits per heavy atom. The molecule has 1 unspecified atom stereocenters. The number of allylic oxidation sites excluding steroid dienone is 2. The second kappa shape index (κ2) is 7.69. The van der Waals surface area contributed by atoms with Crippen LogP contribution in [-0.4, -0.2) is 16.5 Å². The number of carbonyl (C=O) groups is 1. The van der Waals surface area contributed by atoms with Gasteiger partial charge >= 0.3 is 0 Å². The van der Waals surface area contributed by atoms with Crippen LogP contribution in [0.2, 0.25) is 0 Å². The van der Waals surface area contributed by atoms with Crippen LogP contribution in [0, 0.1) is 45.3 Å². The summed E-state index contributed by atoms with van der Waals surface area (Å²) in [4.78, 5) is 12.8. The molecule has 4 saturated carbocycles. The Morgan fingerprint density at radius 1 is 0.969 bits per heavy atom. The van der Waals surface area contributed by atoms with Gasteiger partial charge in [0.25, 0.3) is 0 Å². The lowest BCUT2D eigenvalue weighted by molar-refractivity contribution is -0.207. The molecule has 182 valence electrons. The molecule has 4 rings (SSSR count). The van der Waals surface area contributed by atoms with Crippen LogP contribution in [-0.2, 0) is 4.79 Å². The molecular formula is C30H50O2. The minimum Gasteiger partial charge on any atom is -0.390 e. The number of aliphatic hydroxyl groups is 1. The van der Waals surface area contributed by atoms with Crippen molar-refractivity contribution in [1.29, 1.82) is 0 Å². The standard InChI is InChI=1S/C30H50O2/c1-20(2)10-9-16-30(8,32)22-13-18-28(6)21(22)11-12-24-27(5)17-15-25(31)26(3,4)23(27)14-19-29(24,28)7/h10,21-24,32H,9,11-19H2,1-8H3/t21?,22-,23-,24+,27-,28+,29+,30-/m0/s1. The van der Waals surface area contributed by atoms with Crippen LogP contribution in [0.3, 0.4) is 0 Å². The molecular weight excluding hydrogens is 392 g/mol. The predicted molar refractivity (Wildman–Crippen MR) is 133 cm³/mol. The van der Waals surface area contributed by atoms with Crippen molar-refractivity contribution in [2.45, 2.75) is 125 Å². The molecule has 0 aromatic rings. The highest BCUT2D eigenvalue weighted by Gasteiger charge is 2.69. The Kier molecular flexibility index (Phi) is 5.89. The van der Waals surface area contributed by atoms with Crippen molar-refractivity contribution >= 4 is 5.78 Å². The van der Waals surface area contributed by atoms with Gasteiger partial charge in [-0.25, -0.2) is 0 Å². The van der Waals surface area contributed by atoms with E-state index in [1.807, 2.05) is 0 Å². The first-order valence-electron chi connectivity index (χ1n) is 13.6. The molecule has 0 bridgehead atoms. The normalized spacial score (nSPS) is 47.1. The van der Waals surface area contributed by atoms with Crippen molar-refractivity contribution in [3.05, 3.63) is 11.6 Å². The van der Waals surface area contributed by atoms with Gasteiger partial charge in [-0.1, -0.05) is 46.3 Å². The second-order valence-electron chi connectivity index (χ2n) is 14.1. The maximum absolute atomic E-state index is 12.8. The summed E-state index contributed by atoms with van der Waals surface area (Å²) in [5.74, 6) is 2.78. The summed E-state index contributed by atoms with van der Waals surface area (Å²) in [6.07, 6.45) is 13.5. The first-order valence-corrected chi connectivity index (χ1v) is 13.6. The van der Waals surface area contributed by atoms with Crippen LogP contribution in [0.1, 0.15) is 120 Å². The lowest BCUT2D eigenvalue weighted by Crippen LogP contribution is -2.63. The fraction of sp³-hybridized carbons (Fsp3) is 0.900. The Bertz CT molecular complexity index is 787. The fourth-order valence-electron chi connectivity index (χ4n) is 10.1. The Morgan fingerprint density at radius 2 is 1.62 bits per heavy atom. The van der Waals surface area contributed by atoms with Crippen molar-refractivity contribution in [2.75, 3.05) is 0 Å². The summed E-state index contributed by atoms with van der Waals surface area (Å²) in [5, 5.41) is 11.6. The number of ketones is 1. The maximum atomic E-state index is 12.8. The van der Waals surface area contributed by atoms with Crippen molar-refractivity contribution in [1.82, 2.24) is 0 Å². The van der Waals surface area contributed by atoms with Crippen LogP contribution >= 0.6 is 0 Å². The smallest absolute Gasteiger partial charge is 0.138 e. The summed E-state index contributed by atoms with van der Waals surface area (Å²) < 4.78 is 0. The van der Waals surface area contributed by atoms with Gasteiger partial charge in [-0.2, -0.15) is 0 Å². The molecule has 4 aliphatic rings. The first kappa shape index (κ1) is 24.5. The van der Waals surface area contributed by atoms with Crippen LogP contribution in [0.5, 0.6) is 0 Å². The molecule has 2 nitrogen and oxygen atoms in total. The molecule has 0 saturated heterocycles. The van der Waals surface area contributed by atoms with Crippen LogP contribution in [0.4, 0.5) is 0 Å². The molecule has 32 heavy (non-hydrogen) atoms. The number of fused-ring (bicyclic) bond motifs is 5. The average molecular weight is 443 g/mol. The van der Waals surface area contributed by atoms with E-state index in [1.54, 1.807) is 0 Å². The quantitative estimate of drug-likeness (QED) is 0.452. The van der Waals surface area contributed by atoms with E-state index < -0.39 is 5.60 Å². The molecule has 0 aliphatic heterocycles. The number of hydrogen-bond acceptors (Lipinski definition) is 2. The van der Waals surface area contributed by atoms with Gasteiger partial charge in [-0.05, 0) is 118 Å². The van der Waals surface area contributed by atoms with Crippen molar-refractivity contribution in [3.63, 3.8) is 0 Å². The van der Waals surface area contributed by atoms with Gasteiger partial charge in [0, 0.05) is 11.8 Å². The highest BCUT2D eigenvalue weighted by atomic mass is 16.3. The van der Waals surface area contributed by atoms with E-state index >= 15 is 0 Å². The molecule has 0 spiro atoms. The Balaban J connectivity index is 1.62. The fourth-order valence-corrected chi connectivity index (χ4v) is 10.1. The van der Waals surface area contributed by atoms with Crippen LogP contribution < -0.4 is 0 Å². The minimum absolute atomic E-state index is 0.168. The summed E-state index contributed by atoms with van der Waals surface area (Å²) in [6, 6.07) is 0. The Hall–Kier alpha value is -0.630. The largest absolute Gasteiger partial charge is 0.390 e. The molecule has 2 heteroatoms. The summed E-state index contributed by atoms with van der Waals surface area (Å²) in [7, 11) is 0. The van der Waals surface area contributed by atoms with Gasteiger partial charge in [0.1, 0.15) is 5.78 Å². The first-order chi connectivity index (χ1) is 14.7. The van der Waals surface area contributed by atoms with Crippen LogP contribution in [0.25, 0.3) is 0 Å².